The van der Waals surface area contributed by atoms with E-state index in [2.05, 4.69) is 82.0 Å². The Bertz CT molecular complexity index is 351. The molecule has 16 heavy (non-hydrogen) atoms. The fourth-order valence-electron chi connectivity index (χ4n) is 2.66. The molecule has 0 fully saturated rings. The van der Waals surface area contributed by atoms with Gasteiger partial charge in [-0.2, -0.15) is 0 Å². The van der Waals surface area contributed by atoms with Gasteiger partial charge in [-0.25, -0.2) is 0 Å². The largest absolute Gasteiger partial charge is 0.322 e. The van der Waals surface area contributed by atoms with E-state index >= 15 is 0 Å². The Morgan fingerprint density at radius 1 is 1.12 bits per heavy atom. The van der Waals surface area contributed by atoms with Gasteiger partial charge in [0, 0.05) is 0 Å². The third-order valence-electron chi connectivity index (χ3n) is 3.36. The van der Waals surface area contributed by atoms with Crippen LogP contribution in [0.3, 0.4) is 0 Å². The van der Waals surface area contributed by atoms with E-state index in [1.807, 2.05) is 0 Å². The highest BCUT2D eigenvalue weighted by atomic mass is 28.3. The SMILES string of the molecule is C=C[Si](c1ccccc1)(N(C)C)C(C)(C)C. The first kappa shape index (κ1) is 13.2. The number of hydrogen-bond donors (Lipinski definition) is 0. The summed E-state index contributed by atoms with van der Waals surface area (Å²) in [4.78, 5) is 0. The van der Waals surface area contributed by atoms with Crippen LogP contribution in [0.4, 0.5) is 0 Å². The maximum atomic E-state index is 4.12. The Balaban J connectivity index is 3.42. The summed E-state index contributed by atoms with van der Waals surface area (Å²) in [5.41, 5.74) is 2.20. The van der Waals surface area contributed by atoms with E-state index in [1.54, 1.807) is 0 Å². The van der Waals surface area contributed by atoms with Crippen LogP contribution < -0.4 is 5.19 Å². The minimum absolute atomic E-state index is 0.236. The van der Waals surface area contributed by atoms with Gasteiger partial charge in [0.25, 0.3) is 0 Å². The number of nitrogens with zero attached hydrogens (tertiary/aromatic N) is 1. The maximum Gasteiger partial charge on any atom is 0.189 e. The molecule has 1 aromatic rings. The van der Waals surface area contributed by atoms with E-state index in [4.69, 9.17) is 0 Å². The Morgan fingerprint density at radius 3 is 1.94 bits per heavy atom. The van der Waals surface area contributed by atoms with Crippen molar-refractivity contribution in [3.63, 3.8) is 0 Å². The first-order valence-corrected chi connectivity index (χ1v) is 7.75. The second kappa shape index (κ2) is 4.56. The minimum atomic E-state index is -1.83. The van der Waals surface area contributed by atoms with E-state index in [-0.39, 0.29) is 5.04 Å². The summed E-state index contributed by atoms with van der Waals surface area (Å²) >= 11 is 0. The van der Waals surface area contributed by atoms with Crippen molar-refractivity contribution in [2.45, 2.75) is 25.8 Å². The highest BCUT2D eigenvalue weighted by Gasteiger charge is 2.45. The van der Waals surface area contributed by atoms with Gasteiger partial charge in [0.05, 0.1) is 0 Å². The fraction of sp³-hybridized carbons (Fsp3) is 0.429. The molecule has 0 aliphatic carbocycles. The van der Waals surface area contributed by atoms with E-state index < -0.39 is 8.24 Å². The normalized spacial score (nSPS) is 15.9. The van der Waals surface area contributed by atoms with Crippen molar-refractivity contribution in [1.29, 1.82) is 0 Å². The van der Waals surface area contributed by atoms with Crippen LogP contribution in [0.2, 0.25) is 5.04 Å². The maximum absolute atomic E-state index is 4.12. The van der Waals surface area contributed by atoms with Crippen LogP contribution in [0.25, 0.3) is 0 Å². The zero-order valence-electron chi connectivity index (χ0n) is 11.1. The second-order valence-electron chi connectivity index (χ2n) is 5.48. The molecular weight excluding hydrogens is 210 g/mol. The Kier molecular flexibility index (Phi) is 3.76. The second-order valence-corrected chi connectivity index (χ2v) is 10.4. The van der Waals surface area contributed by atoms with E-state index in [0.717, 1.165) is 0 Å². The molecule has 0 bridgehead atoms. The summed E-state index contributed by atoms with van der Waals surface area (Å²) in [5.74, 6) is 0. The van der Waals surface area contributed by atoms with Crippen molar-refractivity contribution in [2.75, 3.05) is 14.1 Å². The fourth-order valence-corrected chi connectivity index (χ4v) is 7.30. The zero-order valence-corrected chi connectivity index (χ0v) is 12.1. The molecule has 0 amide bonds. The van der Waals surface area contributed by atoms with Crippen molar-refractivity contribution in [3.8, 4) is 0 Å². The van der Waals surface area contributed by atoms with Gasteiger partial charge in [-0.1, -0.05) is 56.8 Å². The third-order valence-corrected chi connectivity index (χ3v) is 8.86. The van der Waals surface area contributed by atoms with Crippen LogP contribution in [0.5, 0.6) is 0 Å². The van der Waals surface area contributed by atoms with Gasteiger partial charge in [-0.3, -0.25) is 0 Å². The molecule has 0 N–H and O–H groups in total. The molecule has 0 radical (unpaired) electrons. The molecule has 1 rings (SSSR count). The van der Waals surface area contributed by atoms with Crippen molar-refractivity contribution >= 4 is 13.4 Å². The van der Waals surface area contributed by atoms with Crippen LogP contribution >= 0.6 is 0 Å². The summed E-state index contributed by atoms with van der Waals surface area (Å²) in [6.45, 7) is 11.1. The van der Waals surface area contributed by atoms with Crippen LogP contribution in [0.15, 0.2) is 42.6 Å². The zero-order chi connectivity index (χ0) is 12.4. The van der Waals surface area contributed by atoms with Crippen LogP contribution in [0, 0.1) is 0 Å². The molecular formula is C14H23NSi. The van der Waals surface area contributed by atoms with Crippen molar-refractivity contribution < 1.29 is 0 Å². The van der Waals surface area contributed by atoms with Gasteiger partial charge in [0.15, 0.2) is 8.24 Å². The number of benzene rings is 1. The molecule has 0 saturated heterocycles. The smallest absolute Gasteiger partial charge is 0.189 e. The Hall–Kier alpha value is -0.863. The summed E-state index contributed by atoms with van der Waals surface area (Å²) < 4.78 is 2.38. The minimum Gasteiger partial charge on any atom is -0.322 e. The predicted molar refractivity (Wildman–Crippen MR) is 75.4 cm³/mol. The summed E-state index contributed by atoms with van der Waals surface area (Å²) in [6.07, 6.45) is 0. The topological polar surface area (TPSA) is 3.24 Å². The van der Waals surface area contributed by atoms with Crippen molar-refractivity contribution in [3.05, 3.63) is 42.6 Å². The van der Waals surface area contributed by atoms with Gasteiger partial charge >= 0.3 is 0 Å². The molecule has 88 valence electrons. The molecule has 0 aromatic heterocycles. The van der Waals surface area contributed by atoms with E-state index in [0.29, 0.717) is 0 Å². The molecule has 2 heteroatoms. The van der Waals surface area contributed by atoms with Crippen LogP contribution in [-0.2, 0) is 0 Å². The van der Waals surface area contributed by atoms with Gasteiger partial charge < -0.3 is 4.57 Å². The summed E-state index contributed by atoms with van der Waals surface area (Å²) in [7, 11) is 2.52. The van der Waals surface area contributed by atoms with Crippen LogP contribution in [-0.4, -0.2) is 26.9 Å². The lowest BCUT2D eigenvalue weighted by atomic mass is 10.2. The highest BCUT2D eigenvalue weighted by molar-refractivity contribution is 6.95. The quantitative estimate of drug-likeness (QED) is 0.726. The van der Waals surface area contributed by atoms with Gasteiger partial charge in [0.2, 0.25) is 0 Å². The summed E-state index contributed by atoms with van der Waals surface area (Å²) in [5, 5.41) is 1.67. The lowest BCUT2D eigenvalue weighted by molar-refractivity contribution is 0.565. The van der Waals surface area contributed by atoms with Gasteiger partial charge in [-0.15, -0.1) is 6.58 Å². The molecule has 0 spiro atoms. The standard InChI is InChI=1S/C14H23NSi/c1-7-16(15(5)6,14(2,3)4)13-11-9-8-10-12-13/h7-12H,1H2,2-6H3. The lowest BCUT2D eigenvalue weighted by Gasteiger charge is -2.45. The van der Waals surface area contributed by atoms with Crippen LogP contribution in [0.1, 0.15) is 20.8 Å². The average molecular weight is 233 g/mol. The first-order valence-electron chi connectivity index (χ1n) is 5.73. The molecule has 1 aromatic carbocycles. The van der Waals surface area contributed by atoms with Crippen molar-refractivity contribution in [2.24, 2.45) is 0 Å². The highest BCUT2D eigenvalue weighted by Crippen LogP contribution is 2.37. The predicted octanol–water partition coefficient (Wildman–Crippen LogP) is 2.93. The molecule has 1 atom stereocenters. The number of rotatable bonds is 3. The van der Waals surface area contributed by atoms with Crippen molar-refractivity contribution in [1.82, 2.24) is 4.57 Å². The Labute approximate surface area is 101 Å². The number of hydrogen-bond acceptors (Lipinski definition) is 1. The average Bonchev–Trinajstić information content (AvgIpc) is 2.18. The third kappa shape index (κ3) is 2.00. The molecule has 0 heterocycles. The Morgan fingerprint density at radius 2 is 1.62 bits per heavy atom. The monoisotopic (exact) mass is 233 g/mol. The molecule has 0 aliphatic rings. The lowest BCUT2D eigenvalue weighted by Crippen LogP contribution is -2.64. The molecule has 0 aliphatic heterocycles. The van der Waals surface area contributed by atoms with E-state index in [9.17, 15) is 0 Å². The molecule has 0 saturated carbocycles. The van der Waals surface area contributed by atoms with Gasteiger partial charge in [0.1, 0.15) is 0 Å². The van der Waals surface area contributed by atoms with E-state index in [1.165, 1.54) is 5.19 Å². The molecule has 1 unspecified atom stereocenters. The molecule has 1 nitrogen and oxygen atoms in total. The first-order chi connectivity index (χ1) is 7.36. The van der Waals surface area contributed by atoms with Gasteiger partial charge in [-0.05, 0) is 24.3 Å². The summed E-state index contributed by atoms with van der Waals surface area (Å²) in [6, 6.07) is 10.8.